The van der Waals surface area contributed by atoms with Crippen LogP contribution in [0.1, 0.15) is 37.6 Å². The Morgan fingerprint density at radius 1 is 1.38 bits per heavy atom. The van der Waals surface area contributed by atoms with Crippen molar-refractivity contribution in [2.24, 2.45) is 0 Å². The van der Waals surface area contributed by atoms with Crippen LogP contribution in [0, 0.1) is 0 Å². The molecule has 0 N–H and O–H groups in total. The molecule has 0 aliphatic carbocycles. The predicted octanol–water partition coefficient (Wildman–Crippen LogP) is 1.49. The Balaban J connectivity index is 3.45. The van der Waals surface area contributed by atoms with Crippen LogP contribution in [0.15, 0.2) is 0 Å². The Morgan fingerprint density at radius 3 is 2.12 bits per heavy atom. The van der Waals surface area contributed by atoms with Gasteiger partial charge in [-0.3, -0.25) is 0 Å². The molecule has 48 valence electrons. The zero-order valence-electron chi connectivity index (χ0n) is 13.0. The monoisotopic (exact) mass is 121 g/mol. The van der Waals surface area contributed by atoms with Crippen molar-refractivity contribution in [2.75, 3.05) is 13.0 Å². The van der Waals surface area contributed by atoms with E-state index >= 15 is 0 Å². The summed E-state index contributed by atoms with van der Waals surface area (Å²) in [6, 6.07) is -0.641. The van der Waals surface area contributed by atoms with Crippen molar-refractivity contribution in [3.63, 3.8) is 0 Å². The molecule has 0 aromatic carbocycles. The molecule has 0 aromatic heterocycles. The van der Waals surface area contributed by atoms with Gasteiger partial charge in [0.2, 0.25) is 0 Å². The van der Waals surface area contributed by atoms with Crippen LogP contribution < -0.4 is 0 Å². The number of rotatable bonds is 1. The first kappa shape index (κ1) is 1.51. The second-order valence-corrected chi connectivity index (χ2v) is 1.94. The minimum Gasteiger partial charge on any atom is -0.301 e. The van der Waals surface area contributed by atoms with Crippen LogP contribution in [0.3, 0.4) is 0 Å². The van der Waals surface area contributed by atoms with E-state index < -0.39 is 31.8 Å². The highest BCUT2D eigenvalue weighted by Crippen LogP contribution is 2.09. The summed E-state index contributed by atoms with van der Waals surface area (Å²) in [5.41, 5.74) is 0. The van der Waals surface area contributed by atoms with E-state index in [9.17, 15) is 0 Å². The fourth-order valence-corrected chi connectivity index (χ4v) is 0.463. The first-order valence-corrected chi connectivity index (χ1v) is 2.61. The third kappa shape index (κ3) is 1.22. The van der Waals surface area contributed by atoms with Gasteiger partial charge in [-0.2, -0.15) is 0 Å². The Hall–Kier alpha value is -0.0400. The van der Waals surface area contributed by atoms with Gasteiger partial charge >= 0.3 is 0 Å². The Labute approximate surface area is 62.9 Å². The Kier molecular flexibility index (Phi) is 0.472. The molecule has 0 amide bonds. The molecule has 1 nitrogen and oxygen atoms in total. The summed E-state index contributed by atoms with van der Waals surface area (Å²) in [6.07, 6.45) is -5.82. The maximum absolute atomic E-state index is 7.63. The quantitative estimate of drug-likeness (QED) is 0.508. The van der Waals surface area contributed by atoms with E-state index in [4.69, 9.17) is 11.0 Å². The summed E-state index contributed by atoms with van der Waals surface area (Å²) in [4.78, 5) is 0.625. The molecule has 1 saturated heterocycles. The van der Waals surface area contributed by atoms with E-state index in [0.29, 0.717) is 4.90 Å². The van der Waals surface area contributed by atoms with E-state index in [1.165, 1.54) is 13.8 Å². The Morgan fingerprint density at radius 2 is 1.88 bits per heavy atom. The summed E-state index contributed by atoms with van der Waals surface area (Å²) in [7, 11) is 0. The number of hydrogen-bond donors (Lipinski definition) is 0. The lowest BCUT2D eigenvalue weighted by atomic mass is 10.3. The molecular formula is C7H15N. The summed E-state index contributed by atoms with van der Waals surface area (Å²) >= 11 is 0. The fraction of sp³-hybridized carbons (Fsp3) is 1.00. The molecule has 1 fully saturated rings. The summed E-state index contributed by atoms with van der Waals surface area (Å²) in [5, 5.41) is 0. The Bertz CT molecular complexity index is 271. The van der Waals surface area contributed by atoms with Crippen molar-refractivity contribution in [1.82, 2.24) is 4.90 Å². The first-order valence-electron chi connectivity index (χ1n) is 6.61. The maximum Gasteiger partial charge on any atom is 0.0431 e. The SMILES string of the molecule is [2H]C1([2H])N(C(C)C)C([2H])([2H])C([2H])([2H])C1([2H])[2H]. The highest BCUT2D eigenvalue weighted by atomic mass is 15.2. The largest absolute Gasteiger partial charge is 0.301 e. The van der Waals surface area contributed by atoms with E-state index in [0.717, 1.165) is 0 Å². The van der Waals surface area contributed by atoms with Crippen molar-refractivity contribution in [1.29, 1.82) is 0 Å². The second kappa shape index (κ2) is 2.49. The molecule has 1 aliphatic heterocycles. The predicted molar refractivity (Wildman–Crippen MR) is 35.9 cm³/mol. The summed E-state index contributed by atoms with van der Waals surface area (Å²) in [5.74, 6) is 0. The summed E-state index contributed by atoms with van der Waals surface area (Å²) < 4.78 is 60.5. The molecule has 0 unspecified atom stereocenters. The lowest BCUT2D eigenvalue weighted by Crippen LogP contribution is -2.26. The van der Waals surface area contributed by atoms with Crippen molar-refractivity contribution >= 4 is 0 Å². The lowest BCUT2D eigenvalue weighted by molar-refractivity contribution is 0.276. The van der Waals surface area contributed by atoms with Gasteiger partial charge in [-0.1, -0.05) is 0 Å². The van der Waals surface area contributed by atoms with E-state index in [2.05, 4.69) is 0 Å². The molecule has 0 bridgehead atoms. The van der Waals surface area contributed by atoms with Gasteiger partial charge in [-0.15, -0.1) is 0 Å². The third-order valence-corrected chi connectivity index (χ3v) is 0.932. The van der Waals surface area contributed by atoms with Crippen molar-refractivity contribution in [3.8, 4) is 0 Å². The smallest absolute Gasteiger partial charge is 0.0431 e. The molecule has 1 heterocycles. The zero-order valence-corrected chi connectivity index (χ0v) is 5.02. The zero-order chi connectivity index (χ0) is 13.2. The van der Waals surface area contributed by atoms with Crippen LogP contribution in [-0.2, 0) is 0 Å². The average Bonchev–Trinajstić information content (AvgIpc) is 2.05. The lowest BCUT2D eigenvalue weighted by Gasteiger charge is -2.18. The molecule has 8 heavy (non-hydrogen) atoms. The second-order valence-electron chi connectivity index (χ2n) is 1.94. The minimum absolute atomic E-state index is 0.625. The standard InChI is InChI=1S/C7H15N/c1-7(2)8-5-3-4-6-8/h7H,3-6H2,1-2H3/i3D2,4D2,5D2,6D2. The number of likely N-dealkylation sites (tertiary alicyclic amines) is 1. The van der Waals surface area contributed by atoms with Gasteiger partial charge in [0.1, 0.15) is 0 Å². The normalized spacial score (nSPS) is 62.9. The highest BCUT2D eigenvalue weighted by molar-refractivity contribution is 4.68. The molecule has 1 rings (SSSR count). The molecule has 1 aliphatic rings. The molecular weight excluding hydrogens is 98.1 g/mol. The number of nitrogens with zero attached hydrogens (tertiary/aromatic N) is 1. The molecule has 0 aromatic rings. The average molecular weight is 121 g/mol. The van der Waals surface area contributed by atoms with Crippen molar-refractivity contribution in [3.05, 3.63) is 0 Å². The van der Waals surface area contributed by atoms with Crippen molar-refractivity contribution in [2.45, 2.75) is 32.6 Å². The van der Waals surface area contributed by atoms with Gasteiger partial charge in [0, 0.05) is 17.0 Å². The van der Waals surface area contributed by atoms with E-state index in [-0.39, 0.29) is 0 Å². The minimum atomic E-state index is -2.91. The first-order chi connectivity index (χ1) is 6.82. The van der Waals surface area contributed by atoms with Crippen molar-refractivity contribution < 1.29 is 11.0 Å². The van der Waals surface area contributed by atoms with Gasteiger partial charge in [0.25, 0.3) is 0 Å². The van der Waals surface area contributed by atoms with Gasteiger partial charge in [-0.25, -0.2) is 0 Å². The molecule has 1 heteroatoms. The molecule has 0 radical (unpaired) electrons. The van der Waals surface area contributed by atoms with Crippen LogP contribution in [0.25, 0.3) is 0 Å². The molecule has 0 spiro atoms. The third-order valence-electron chi connectivity index (χ3n) is 0.932. The van der Waals surface area contributed by atoms with Gasteiger partial charge < -0.3 is 4.90 Å². The van der Waals surface area contributed by atoms with Crippen LogP contribution in [-0.4, -0.2) is 23.9 Å². The van der Waals surface area contributed by atoms with Crippen LogP contribution in [0.4, 0.5) is 0 Å². The van der Waals surface area contributed by atoms with E-state index in [1.54, 1.807) is 0 Å². The maximum atomic E-state index is 7.63. The van der Waals surface area contributed by atoms with Crippen LogP contribution >= 0.6 is 0 Å². The fourth-order valence-electron chi connectivity index (χ4n) is 0.463. The summed E-state index contributed by atoms with van der Waals surface area (Å²) in [6.45, 7) is -2.36. The molecule has 0 atom stereocenters. The van der Waals surface area contributed by atoms with Gasteiger partial charge in [0.15, 0.2) is 0 Å². The van der Waals surface area contributed by atoms with Gasteiger partial charge in [0.05, 0.1) is 0 Å². The molecule has 0 saturated carbocycles. The topological polar surface area (TPSA) is 3.24 Å². The van der Waals surface area contributed by atoms with Gasteiger partial charge in [-0.05, 0) is 39.6 Å². The van der Waals surface area contributed by atoms with Crippen LogP contribution in [0.5, 0.6) is 0 Å². The van der Waals surface area contributed by atoms with Crippen LogP contribution in [0.2, 0.25) is 0 Å². The highest BCUT2D eigenvalue weighted by Gasteiger charge is 2.13. The van der Waals surface area contributed by atoms with E-state index in [1.807, 2.05) is 0 Å². The number of hydrogen-bond acceptors (Lipinski definition) is 1.